The third-order valence-electron chi connectivity index (χ3n) is 1.94. The van der Waals surface area contributed by atoms with Gasteiger partial charge in [0, 0.05) is 11.9 Å². The molecule has 0 radical (unpaired) electrons. The summed E-state index contributed by atoms with van der Waals surface area (Å²) in [5.41, 5.74) is 0.757. The van der Waals surface area contributed by atoms with E-state index in [0.29, 0.717) is 19.6 Å². The monoisotopic (exact) mass is 278 g/mol. The topological polar surface area (TPSA) is 9.23 Å². The highest BCUT2D eigenvalue weighted by molar-refractivity contribution is 9.09. The largest absolute Gasteiger partial charge is 0.381 e. The Morgan fingerprint density at radius 1 is 1.13 bits per heavy atom. The maximum Gasteiger partial charge on any atom is 0.159 e. The molecule has 1 aromatic rings. The van der Waals surface area contributed by atoms with Gasteiger partial charge in [-0.3, -0.25) is 0 Å². The van der Waals surface area contributed by atoms with E-state index >= 15 is 0 Å². The van der Waals surface area contributed by atoms with Crippen LogP contribution in [0.5, 0.6) is 0 Å². The summed E-state index contributed by atoms with van der Waals surface area (Å²) >= 11 is 3.29. The van der Waals surface area contributed by atoms with Gasteiger partial charge in [0.15, 0.2) is 11.6 Å². The van der Waals surface area contributed by atoms with E-state index < -0.39 is 11.6 Å². The molecular weight excluding hydrogens is 266 g/mol. The first-order chi connectivity index (χ1) is 7.24. The van der Waals surface area contributed by atoms with Gasteiger partial charge in [0.1, 0.15) is 0 Å². The van der Waals surface area contributed by atoms with Crippen LogP contribution in [0.15, 0.2) is 18.2 Å². The average Bonchev–Trinajstić information content (AvgIpc) is 2.23. The first-order valence-corrected chi connectivity index (χ1v) is 5.94. The Balaban J connectivity index is 2.28. The minimum Gasteiger partial charge on any atom is -0.381 e. The van der Waals surface area contributed by atoms with Crippen molar-refractivity contribution in [1.82, 2.24) is 0 Å². The second-order valence-electron chi connectivity index (χ2n) is 3.15. The van der Waals surface area contributed by atoms with Gasteiger partial charge in [-0.15, -0.1) is 0 Å². The number of rotatable bonds is 6. The molecule has 0 atom stereocenters. The van der Waals surface area contributed by atoms with Crippen molar-refractivity contribution in [3.05, 3.63) is 35.4 Å². The van der Waals surface area contributed by atoms with Crippen molar-refractivity contribution in [2.75, 3.05) is 18.5 Å². The van der Waals surface area contributed by atoms with E-state index in [-0.39, 0.29) is 0 Å². The second-order valence-corrected chi connectivity index (χ2v) is 3.95. The summed E-state index contributed by atoms with van der Waals surface area (Å²) in [4.78, 5) is 0. The summed E-state index contributed by atoms with van der Waals surface area (Å²) in [5.74, 6) is -1.60. The standard InChI is InChI=1S/C11H13BrF2O/c12-5-1-6-15-7-4-9-2-3-10(13)11(14)8-9/h2-3,8H,1,4-7H2. The van der Waals surface area contributed by atoms with Crippen LogP contribution in [0, 0.1) is 11.6 Å². The van der Waals surface area contributed by atoms with Crippen LogP contribution in [0.25, 0.3) is 0 Å². The molecular formula is C11H13BrF2O. The molecule has 0 fully saturated rings. The predicted octanol–water partition coefficient (Wildman–Crippen LogP) is 3.31. The number of hydrogen-bond acceptors (Lipinski definition) is 1. The molecule has 0 aromatic heterocycles. The van der Waals surface area contributed by atoms with Crippen molar-refractivity contribution in [2.24, 2.45) is 0 Å². The molecule has 1 rings (SSSR count). The van der Waals surface area contributed by atoms with E-state index in [9.17, 15) is 8.78 Å². The molecule has 1 nitrogen and oxygen atoms in total. The highest BCUT2D eigenvalue weighted by Gasteiger charge is 2.01. The first kappa shape index (κ1) is 12.6. The first-order valence-electron chi connectivity index (χ1n) is 4.81. The van der Waals surface area contributed by atoms with Gasteiger partial charge in [0.05, 0.1) is 6.61 Å². The fraction of sp³-hybridized carbons (Fsp3) is 0.455. The lowest BCUT2D eigenvalue weighted by molar-refractivity contribution is 0.138. The van der Waals surface area contributed by atoms with Crippen LogP contribution >= 0.6 is 15.9 Å². The van der Waals surface area contributed by atoms with Crippen LogP contribution in [-0.4, -0.2) is 18.5 Å². The van der Waals surface area contributed by atoms with Crippen LogP contribution in [0.2, 0.25) is 0 Å². The lowest BCUT2D eigenvalue weighted by Gasteiger charge is -2.03. The van der Waals surface area contributed by atoms with Crippen molar-refractivity contribution < 1.29 is 13.5 Å². The zero-order chi connectivity index (χ0) is 11.1. The fourth-order valence-corrected chi connectivity index (χ4v) is 1.37. The summed E-state index contributed by atoms with van der Waals surface area (Å²) in [5, 5.41) is 0.915. The minimum atomic E-state index is -0.807. The quantitative estimate of drug-likeness (QED) is 0.573. The second kappa shape index (κ2) is 6.90. The summed E-state index contributed by atoms with van der Waals surface area (Å²) in [6.45, 7) is 1.23. The Morgan fingerprint density at radius 3 is 2.60 bits per heavy atom. The Kier molecular flexibility index (Phi) is 5.79. The van der Waals surface area contributed by atoms with E-state index in [1.165, 1.54) is 6.07 Å². The van der Waals surface area contributed by atoms with Gasteiger partial charge in [-0.1, -0.05) is 22.0 Å². The molecule has 15 heavy (non-hydrogen) atoms. The van der Waals surface area contributed by atoms with Crippen molar-refractivity contribution in [1.29, 1.82) is 0 Å². The van der Waals surface area contributed by atoms with E-state index in [4.69, 9.17) is 4.74 Å². The molecule has 0 amide bonds. The maximum atomic E-state index is 12.8. The molecule has 0 unspecified atom stereocenters. The van der Waals surface area contributed by atoms with Crippen molar-refractivity contribution in [3.63, 3.8) is 0 Å². The molecule has 0 aliphatic heterocycles. The van der Waals surface area contributed by atoms with Crippen LogP contribution in [0.1, 0.15) is 12.0 Å². The molecule has 0 spiro atoms. The maximum absolute atomic E-state index is 12.8. The predicted molar refractivity (Wildman–Crippen MR) is 59.3 cm³/mol. The lowest BCUT2D eigenvalue weighted by atomic mass is 10.1. The van der Waals surface area contributed by atoms with Gasteiger partial charge >= 0.3 is 0 Å². The zero-order valence-electron chi connectivity index (χ0n) is 8.31. The van der Waals surface area contributed by atoms with Crippen LogP contribution in [0.4, 0.5) is 8.78 Å². The highest BCUT2D eigenvalue weighted by Crippen LogP contribution is 2.09. The molecule has 0 saturated heterocycles. The molecule has 84 valence electrons. The number of alkyl halides is 1. The van der Waals surface area contributed by atoms with Crippen molar-refractivity contribution in [3.8, 4) is 0 Å². The van der Waals surface area contributed by atoms with Gasteiger partial charge in [0.25, 0.3) is 0 Å². The molecule has 1 aromatic carbocycles. The Hall–Kier alpha value is -0.480. The molecule has 0 bridgehead atoms. The van der Waals surface area contributed by atoms with Crippen LogP contribution in [-0.2, 0) is 11.2 Å². The van der Waals surface area contributed by atoms with Crippen molar-refractivity contribution in [2.45, 2.75) is 12.8 Å². The van der Waals surface area contributed by atoms with E-state index in [2.05, 4.69) is 15.9 Å². The molecule has 0 heterocycles. The highest BCUT2D eigenvalue weighted by atomic mass is 79.9. The number of ether oxygens (including phenoxy) is 1. The Bertz CT molecular complexity index is 305. The van der Waals surface area contributed by atoms with Crippen molar-refractivity contribution >= 4 is 15.9 Å². The molecule has 0 saturated carbocycles. The van der Waals surface area contributed by atoms with E-state index in [0.717, 1.165) is 23.4 Å². The molecule has 0 aliphatic rings. The Morgan fingerprint density at radius 2 is 1.93 bits per heavy atom. The molecule has 0 N–H and O–H groups in total. The summed E-state index contributed by atoms with van der Waals surface area (Å²) < 4.78 is 30.7. The lowest BCUT2D eigenvalue weighted by Crippen LogP contribution is -2.01. The van der Waals surface area contributed by atoms with Gasteiger partial charge < -0.3 is 4.74 Å². The summed E-state index contributed by atoms with van der Waals surface area (Å²) in [6.07, 6.45) is 1.57. The average molecular weight is 279 g/mol. The number of hydrogen-bond donors (Lipinski definition) is 0. The summed E-state index contributed by atoms with van der Waals surface area (Å²) in [7, 11) is 0. The molecule has 4 heteroatoms. The van der Waals surface area contributed by atoms with E-state index in [1.807, 2.05) is 0 Å². The Labute approximate surface area is 96.6 Å². The summed E-state index contributed by atoms with van der Waals surface area (Å²) in [6, 6.07) is 3.93. The van der Waals surface area contributed by atoms with Crippen LogP contribution < -0.4 is 0 Å². The van der Waals surface area contributed by atoms with E-state index in [1.54, 1.807) is 6.07 Å². The zero-order valence-corrected chi connectivity index (χ0v) is 9.90. The fourth-order valence-electron chi connectivity index (χ4n) is 1.14. The number of benzene rings is 1. The SMILES string of the molecule is Fc1ccc(CCOCCCBr)cc1F. The molecule has 0 aliphatic carbocycles. The van der Waals surface area contributed by atoms with Crippen LogP contribution in [0.3, 0.4) is 0 Å². The normalized spacial score (nSPS) is 10.6. The van der Waals surface area contributed by atoms with Gasteiger partial charge in [-0.2, -0.15) is 0 Å². The third kappa shape index (κ3) is 4.71. The van der Waals surface area contributed by atoms with Gasteiger partial charge in [-0.25, -0.2) is 8.78 Å². The van der Waals surface area contributed by atoms with Gasteiger partial charge in [-0.05, 0) is 30.5 Å². The minimum absolute atomic E-state index is 0.540. The smallest absolute Gasteiger partial charge is 0.159 e. The number of halogens is 3. The van der Waals surface area contributed by atoms with Gasteiger partial charge in [0.2, 0.25) is 0 Å². The third-order valence-corrected chi connectivity index (χ3v) is 2.50.